The van der Waals surface area contributed by atoms with Crippen molar-refractivity contribution in [2.24, 2.45) is 5.92 Å². The third-order valence-electron chi connectivity index (χ3n) is 3.37. The number of amides is 2. The van der Waals surface area contributed by atoms with Crippen LogP contribution in [0.3, 0.4) is 0 Å². The number of hydrogen-bond acceptors (Lipinski definition) is 2. The van der Waals surface area contributed by atoms with Crippen LogP contribution in [-0.2, 0) is 9.59 Å². The molecule has 0 radical (unpaired) electrons. The fraction of sp³-hybridized carbons (Fsp3) is 0.333. The SMILES string of the molecule is O=C(CNC(=O)[C@H]1CC=CCC1)Nc1ccc(F)c(F)c1F. The summed E-state index contributed by atoms with van der Waals surface area (Å²) in [6.07, 6.45) is 6.03. The monoisotopic (exact) mass is 312 g/mol. The van der Waals surface area contributed by atoms with Crippen LogP contribution in [0.4, 0.5) is 18.9 Å². The Kier molecular flexibility index (Phi) is 5.19. The topological polar surface area (TPSA) is 58.2 Å². The Bertz CT molecular complexity index is 617. The minimum Gasteiger partial charge on any atom is -0.347 e. The largest absolute Gasteiger partial charge is 0.347 e. The fourth-order valence-electron chi connectivity index (χ4n) is 2.16. The predicted molar refractivity (Wildman–Crippen MR) is 74.4 cm³/mol. The number of benzene rings is 1. The van der Waals surface area contributed by atoms with E-state index in [1.165, 1.54) is 0 Å². The summed E-state index contributed by atoms with van der Waals surface area (Å²) in [6.45, 7) is -0.364. The first-order chi connectivity index (χ1) is 10.5. The lowest BCUT2D eigenvalue weighted by molar-refractivity contribution is -0.127. The van der Waals surface area contributed by atoms with Gasteiger partial charge in [0.05, 0.1) is 12.2 Å². The van der Waals surface area contributed by atoms with Gasteiger partial charge in [-0.15, -0.1) is 0 Å². The molecule has 0 spiro atoms. The van der Waals surface area contributed by atoms with E-state index in [0.717, 1.165) is 12.5 Å². The number of anilines is 1. The first-order valence-corrected chi connectivity index (χ1v) is 6.85. The minimum absolute atomic E-state index is 0.183. The van der Waals surface area contributed by atoms with Crippen LogP contribution >= 0.6 is 0 Å². The lowest BCUT2D eigenvalue weighted by atomic mass is 9.94. The summed E-state index contributed by atoms with van der Waals surface area (Å²) in [5.74, 6) is -5.63. The first kappa shape index (κ1) is 16.1. The number of carbonyl (C=O) groups is 2. The van der Waals surface area contributed by atoms with Crippen LogP contribution in [0.2, 0.25) is 0 Å². The van der Waals surface area contributed by atoms with E-state index in [0.29, 0.717) is 18.9 Å². The van der Waals surface area contributed by atoms with Crippen LogP contribution in [0.25, 0.3) is 0 Å². The molecule has 118 valence electrons. The lowest BCUT2D eigenvalue weighted by Gasteiger charge is -2.17. The molecular weight excluding hydrogens is 297 g/mol. The van der Waals surface area contributed by atoms with Gasteiger partial charge in [0.1, 0.15) is 0 Å². The van der Waals surface area contributed by atoms with E-state index >= 15 is 0 Å². The van der Waals surface area contributed by atoms with Gasteiger partial charge in [-0.3, -0.25) is 9.59 Å². The molecule has 7 heteroatoms. The van der Waals surface area contributed by atoms with Gasteiger partial charge in [0.15, 0.2) is 17.5 Å². The minimum atomic E-state index is -1.66. The normalized spacial score (nSPS) is 17.1. The fourth-order valence-corrected chi connectivity index (χ4v) is 2.16. The Hall–Kier alpha value is -2.31. The standard InChI is InChI=1S/C15H15F3N2O2/c16-10-6-7-11(14(18)13(10)17)20-12(21)8-19-15(22)9-4-2-1-3-5-9/h1-2,6-7,9H,3-5,8H2,(H,19,22)(H,20,21)/t9-/m0/s1. The van der Waals surface area contributed by atoms with Gasteiger partial charge in [0, 0.05) is 5.92 Å². The Labute approximate surface area is 125 Å². The summed E-state index contributed by atoms with van der Waals surface area (Å²) in [6, 6.07) is 1.63. The van der Waals surface area contributed by atoms with Crippen LogP contribution in [-0.4, -0.2) is 18.4 Å². The molecule has 22 heavy (non-hydrogen) atoms. The van der Waals surface area contributed by atoms with Crippen molar-refractivity contribution in [3.8, 4) is 0 Å². The first-order valence-electron chi connectivity index (χ1n) is 6.85. The number of rotatable bonds is 4. The quantitative estimate of drug-likeness (QED) is 0.663. The highest BCUT2D eigenvalue weighted by Crippen LogP contribution is 2.20. The van der Waals surface area contributed by atoms with Gasteiger partial charge < -0.3 is 10.6 Å². The van der Waals surface area contributed by atoms with Crippen LogP contribution in [0.5, 0.6) is 0 Å². The van der Waals surface area contributed by atoms with E-state index in [-0.39, 0.29) is 18.4 Å². The van der Waals surface area contributed by atoms with Crippen molar-refractivity contribution in [2.45, 2.75) is 19.3 Å². The van der Waals surface area contributed by atoms with E-state index in [1.54, 1.807) is 0 Å². The van der Waals surface area contributed by atoms with Crippen molar-refractivity contribution in [2.75, 3.05) is 11.9 Å². The maximum Gasteiger partial charge on any atom is 0.243 e. The molecule has 0 saturated carbocycles. The summed E-state index contributed by atoms with van der Waals surface area (Å²) in [5, 5.41) is 4.53. The van der Waals surface area contributed by atoms with Crippen LogP contribution < -0.4 is 10.6 Å². The third-order valence-corrected chi connectivity index (χ3v) is 3.37. The highest BCUT2D eigenvalue weighted by molar-refractivity contribution is 5.94. The predicted octanol–water partition coefficient (Wildman–Crippen LogP) is 2.51. The Morgan fingerprint density at radius 1 is 1.14 bits per heavy atom. The molecule has 0 fully saturated rings. The average molecular weight is 312 g/mol. The van der Waals surface area contributed by atoms with E-state index in [4.69, 9.17) is 0 Å². The third kappa shape index (κ3) is 3.87. The molecule has 1 aromatic rings. The van der Waals surface area contributed by atoms with E-state index in [2.05, 4.69) is 10.6 Å². The smallest absolute Gasteiger partial charge is 0.243 e. The number of allylic oxidation sites excluding steroid dienone is 2. The van der Waals surface area contributed by atoms with Crippen molar-refractivity contribution < 1.29 is 22.8 Å². The number of halogens is 3. The summed E-state index contributed by atoms with van der Waals surface area (Å²) in [5.41, 5.74) is -0.473. The molecule has 0 unspecified atom stereocenters. The van der Waals surface area contributed by atoms with Gasteiger partial charge in [0.2, 0.25) is 11.8 Å². The summed E-state index contributed by atoms with van der Waals surface area (Å²) in [7, 11) is 0. The molecule has 2 N–H and O–H groups in total. The summed E-state index contributed by atoms with van der Waals surface area (Å²) in [4.78, 5) is 23.4. The average Bonchev–Trinajstić information content (AvgIpc) is 2.54. The zero-order chi connectivity index (χ0) is 16.1. The van der Waals surface area contributed by atoms with Gasteiger partial charge in [-0.05, 0) is 31.4 Å². The Balaban J connectivity index is 1.87. The molecule has 2 rings (SSSR count). The highest BCUT2D eigenvalue weighted by atomic mass is 19.2. The molecular formula is C15H15F3N2O2. The van der Waals surface area contributed by atoms with Crippen molar-refractivity contribution in [1.82, 2.24) is 5.32 Å². The zero-order valence-electron chi connectivity index (χ0n) is 11.7. The van der Waals surface area contributed by atoms with Crippen LogP contribution in [0.1, 0.15) is 19.3 Å². The molecule has 0 bridgehead atoms. The Morgan fingerprint density at radius 3 is 2.59 bits per heavy atom. The number of carbonyl (C=O) groups excluding carboxylic acids is 2. The van der Waals surface area contributed by atoms with Crippen molar-refractivity contribution in [3.63, 3.8) is 0 Å². The summed E-state index contributed by atoms with van der Waals surface area (Å²) < 4.78 is 39.2. The van der Waals surface area contributed by atoms with Crippen molar-refractivity contribution in [3.05, 3.63) is 41.7 Å². The van der Waals surface area contributed by atoms with E-state index in [1.807, 2.05) is 12.2 Å². The molecule has 0 saturated heterocycles. The van der Waals surface area contributed by atoms with Crippen LogP contribution in [0.15, 0.2) is 24.3 Å². The maximum absolute atomic E-state index is 13.4. The highest BCUT2D eigenvalue weighted by Gasteiger charge is 2.20. The van der Waals surface area contributed by atoms with E-state index < -0.39 is 29.0 Å². The molecule has 1 aliphatic rings. The van der Waals surface area contributed by atoms with Crippen molar-refractivity contribution in [1.29, 1.82) is 0 Å². The van der Waals surface area contributed by atoms with Crippen LogP contribution in [0, 0.1) is 23.4 Å². The van der Waals surface area contributed by atoms with Gasteiger partial charge in [-0.2, -0.15) is 0 Å². The molecule has 0 aromatic heterocycles. The van der Waals surface area contributed by atoms with Gasteiger partial charge in [-0.1, -0.05) is 12.2 Å². The maximum atomic E-state index is 13.4. The van der Waals surface area contributed by atoms with Crippen molar-refractivity contribution >= 4 is 17.5 Å². The number of hydrogen-bond donors (Lipinski definition) is 2. The van der Waals surface area contributed by atoms with Gasteiger partial charge in [-0.25, -0.2) is 13.2 Å². The summed E-state index contributed by atoms with van der Waals surface area (Å²) >= 11 is 0. The lowest BCUT2D eigenvalue weighted by Crippen LogP contribution is -2.37. The second-order valence-corrected chi connectivity index (χ2v) is 4.97. The molecule has 1 atom stereocenters. The van der Waals surface area contributed by atoms with Gasteiger partial charge >= 0.3 is 0 Å². The molecule has 1 aliphatic carbocycles. The second kappa shape index (κ2) is 7.11. The molecule has 0 heterocycles. The number of nitrogens with one attached hydrogen (secondary N) is 2. The molecule has 4 nitrogen and oxygen atoms in total. The van der Waals surface area contributed by atoms with Gasteiger partial charge in [0.25, 0.3) is 0 Å². The van der Waals surface area contributed by atoms with E-state index in [9.17, 15) is 22.8 Å². The zero-order valence-corrected chi connectivity index (χ0v) is 11.7. The molecule has 1 aromatic carbocycles. The second-order valence-electron chi connectivity index (χ2n) is 4.97. The molecule has 2 amide bonds. The Morgan fingerprint density at radius 2 is 1.91 bits per heavy atom. The molecule has 0 aliphatic heterocycles.